The van der Waals surface area contributed by atoms with Crippen molar-refractivity contribution in [1.82, 2.24) is 14.9 Å². The van der Waals surface area contributed by atoms with Gasteiger partial charge in [0.1, 0.15) is 0 Å². The third-order valence-electron chi connectivity index (χ3n) is 5.29. The minimum atomic E-state index is -0.144. The molecular weight excluding hydrogens is 346 g/mol. The Kier molecular flexibility index (Phi) is 6.61. The maximum Gasteiger partial charge on any atom is 0.262 e. The number of nitrogens with one attached hydrogen (secondary N) is 2. The van der Waals surface area contributed by atoms with Crippen molar-refractivity contribution in [3.05, 3.63) is 39.4 Å². The number of nitrogens with zero attached hydrogens (tertiary/aromatic N) is 1. The molecule has 0 atom stereocenters. The van der Waals surface area contributed by atoms with Crippen LogP contribution in [-0.4, -0.2) is 22.0 Å². The van der Waals surface area contributed by atoms with Crippen LogP contribution in [-0.2, 0) is 11.3 Å². The first-order chi connectivity index (χ1) is 12.6. The molecule has 140 valence electrons. The van der Waals surface area contributed by atoms with Crippen LogP contribution in [0.5, 0.6) is 0 Å². The zero-order valence-electron chi connectivity index (χ0n) is 15.1. The lowest BCUT2D eigenvalue weighted by Gasteiger charge is -2.21. The summed E-state index contributed by atoms with van der Waals surface area (Å²) in [6, 6.07) is 7.28. The molecule has 0 unspecified atom stereocenters. The molecule has 1 fully saturated rings. The summed E-state index contributed by atoms with van der Waals surface area (Å²) in [7, 11) is 0. The van der Waals surface area contributed by atoms with E-state index in [1.807, 2.05) is 18.2 Å². The van der Waals surface area contributed by atoms with E-state index in [1.54, 1.807) is 6.07 Å². The molecule has 2 aromatic rings. The predicted molar refractivity (Wildman–Crippen MR) is 107 cm³/mol. The largest absolute Gasteiger partial charge is 0.356 e. The van der Waals surface area contributed by atoms with Gasteiger partial charge >= 0.3 is 0 Å². The van der Waals surface area contributed by atoms with E-state index in [2.05, 4.69) is 10.3 Å². The predicted octanol–water partition coefficient (Wildman–Crippen LogP) is 3.93. The van der Waals surface area contributed by atoms with E-state index in [0.29, 0.717) is 16.7 Å². The monoisotopic (exact) mass is 373 g/mol. The summed E-state index contributed by atoms with van der Waals surface area (Å²) >= 11 is 5.27. The second-order valence-corrected chi connectivity index (χ2v) is 7.57. The highest BCUT2D eigenvalue weighted by Gasteiger charge is 2.13. The number of aromatic amines is 1. The number of hydrogen-bond donors (Lipinski definition) is 2. The lowest BCUT2D eigenvalue weighted by molar-refractivity contribution is -0.121. The van der Waals surface area contributed by atoms with Gasteiger partial charge in [0, 0.05) is 19.5 Å². The fourth-order valence-electron chi connectivity index (χ4n) is 3.80. The minimum Gasteiger partial charge on any atom is -0.356 e. The van der Waals surface area contributed by atoms with Crippen molar-refractivity contribution in [3.8, 4) is 0 Å². The van der Waals surface area contributed by atoms with Gasteiger partial charge in [-0.1, -0.05) is 44.2 Å². The number of H-pyrrole nitrogens is 1. The normalized spacial score (nSPS) is 15.2. The van der Waals surface area contributed by atoms with Gasteiger partial charge in [0.15, 0.2) is 4.77 Å². The molecule has 0 aliphatic heterocycles. The van der Waals surface area contributed by atoms with Gasteiger partial charge in [-0.3, -0.25) is 14.2 Å². The second-order valence-electron chi connectivity index (χ2n) is 7.18. The van der Waals surface area contributed by atoms with Gasteiger partial charge in [-0.05, 0) is 43.1 Å². The second kappa shape index (κ2) is 9.12. The van der Waals surface area contributed by atoms with Crippen molar-refractivity contribution >= 4 is 29.0 Å². The van der Waals surface area contributed by atoms with Crippen LogP contribution < -0.4 is 10.9 Å². The topological polar surface area (TPSA) is 66.9 Å². The van der Waals surface area contributed by atoms with Crippen LogP contribution in [0.15, 0.2) is 29.1 Å². The van der Waals surface area contributed by atoms with Gasteiger partial charge < -0.3 is 10.3 Å². The van der Waals surface area contributed by atoms with Crippen molar-refractivity contribution < 1.29 is 4.79 Å². The molecule has 0 bridgehead atoms. The Morgan fingerprint density at radius 3 is 2.81 bits per heavy atom. The Morgan fingerprint density at radius 1 is 1.23 bits per heavy atom. The Morgan fingerprint density at radius 2 is 2.00 bits per heavy atom. The van der Waals surface area contributed by atoms with E-state index in [0.717, 1.165) is 24.4 Å². The third kappa shape index (κ3) is 4.81. The van der Waals surface area contributed by atoms with E-state index in [9.17, 15) is 9.59 Å². The highest BCUT2D eigenvalue weighted by Crippen LogP contribution is 2.26. The van der Waals surface area contributed by atoms with Crippen LogP contribution in [0.4, 0.5) is 0 Å². The summed E-state index contributed by atoms with van der Waals surface area (Å²) < 4.78 is 1.83. The molecule has 5 nitrogen and oxygen atoms in total. The maximum absolute atomic E-state index is 12.5. The number of hydrogen-bond acceptors (Lipinski definition) is 3. The average molecular weight is 374 g/mol. The number of benzene rings is 1. The quantitative estimate of drug-likeness (QED) is 0.571. The molecule has 1 heterocycles. The molecule has 1 aliphatic carbocycles. The molecule has 1 aliphatic rings. The van der Waals surface area contributed by atoms with Crippen molar-refractivity contribution in [1.29, 1.82) is 0 Å². The molecule has 0 radical (unpaired) electrons. The van der Waals surface area contributed by atoms with Crippen LogP contribution in [0, 0.1) is 10.7 Å². The Hall–Kier alpha value is -1.95. The van der Waals surface area contributed by atoms with Crippen molar-refractivity contribution in [2.45, 2.75) is 57.9 Å². The number of carbonyl (C=O) groups excluding carboxylic acids is 1. The molecule has 1 aromatic carbocycles. The van der Waals surface area contributed by atoms with Gasteiger partial charge in [-0.25, -0.2) is 0 Å². The molecular formula is C20H27N3O2S. The highest BCUT2D eigenvalue weighted by molar-refractivity contribution is 7.71. The highest BCUT2D eigenvalue weighted by atomic mass is 32.1. The average Bonchev–Trinajstić information content (AvgIpc) is 2.66. The van der Waals surface area contributed by atoms with Crippen LogP contribution in [0.3, 0.4) is 0 Å². The third-order valence-corrected chi connectivity index (χ3v) is 5.61. The maximum atomic E-state index is 12.5. The number of aromatic nitrogens is 2. The summed E-state index contributed by atoms with van der Waals surface area (Å²) in [5.74, 6) is 0.818. The fourth-order valence-corrected chi connectivity index (χ4v) is 4.08. The van der Waals surface area contributed by atoms with Gasteiger partial charge in [0.25, 0.3) is 5.56 Å². The Bertz CT molecular complexity index is 865. The number of para-hydroxylation sites is 1. The molecule has 3 rings (SSSR count). The van der Waals surface area contributed by atoms with Crippen LogP contribution in [0.1, 0.15) is 51.4 Å². The standard InChI is InChI=1S/C20H27N3O2S/c24-18(21-13-6-9-15-7-2-1-3-8-15)12-14-23-19(25)16-10-4-5-11-17(16)22-20(23)26/h4-5,10-11,15H,1-3,6-9,12-14H2,(H,21,24)(H,22,26). The van der Waals surface area contributed by atoms with Crippen molar-refractivity contribution in [2.75, 3.05) is 6.54 Å². The van der Waals surface area contributed by atoms with E-state index >= 15 is 0 Å². The van der Waals surface area contributed by atoms with Gasteiger partial charge in [0.05, 0.1) is 10.9 Å². The summed E-state index contributed by atoms with van der Waals surface area (Å²) in [5.41, 5.74) is 0.584. The summed E-state index contributed by atoms with van der Waals surface area (Å²) in [4.78, 5) is 27.7. The Balaban J connectivity index is 1.48. The number of carbonyl (C=O) groups is 1. The first-order valence-corrected chi connectivity index (χ1v) is 10.0. The van der Waals surface area contributed by atoms with Crippen molar-refractivity contribution in [2.24, 2.45) is 5.92 Å². The van der Waals surface area contributed by atoms with Crippen LogP contribution >= 0.6 is 12.2 Å². The van der Waals surface area contributed by atoms with Gasteiger partial charge in [0.2, 0.25) is 5.91 Å². The Labute approximate surface area is 158 Å². The summed E-state index contributed by atoms with van der Waals surface area (Å²) in [6.45, 7) is 1.02. The first-order valence-electron chi connectivity index (χ1n) is 9.64. The lowest BCUT2D eigenvalue weighted by atomic mass is 9.86. The molecule has 0 saturated heterocycles. The van der Waals surface area contributed by atoms with Gasteiger partial charge in [-0.2, -0.15) is 0 Å². The molecule has 1 aromatic heterocycles. The summed E-state index contributed by atoms with van der Waals surface area (Å²) in [5, 5.41) is 3.56. The number of rotatable bonds is 7. The van der Waals surface area contributed by atoms with Crippen LogP contribution in [0.2, 0.25) is 0 Å². The number of amides is 1. The van der Waals surface area contributed by atoms with E-state index in [4.69, 9.17) is 12.2 Å². The number of fused-ring (bicyclic) bond motifs is 1. The van der Waals surface area contributed by atoms with Crippen LogP contribution in [0.25, 0.3) is 10.9 Å². The first kappa shape index (κ1) is 18.8. The SMILES string of the molecule is O=C(CCn1c(=S)[nH]c2ccccc2c1=O)NCCCC1CCCCC1. The molecule has 0 spiro atoms. The fraction of sp³-hybridized carbons (Fsp3) is 0.550. The lowest BCUT2D eigenvalue weighted by Crippen LogP contribution is -2.29. The molecule has 2 N–H and O–H groups in total. The summed E-state index contributed by atoms with van der Waals surface area (Å²) in [6.07, 6.45) is 9.29. The molecule has 1 saturated carbocycles. The van der Waals surface area contributed by atoms with Crippen molar-refractivity contribution in [3.63, 3.8) is 0 Å². The van der Waals surface area contributed by atoms with E-state index in [-0.39, 0.29) is 17.9 Å². The molecule has 26 heavy (non-hydrogen) atoms. The molecule has 6 heteroatoms. The smallest absolute Gasteiger partial charge is 0.262 e. The van der Waals surface area contributed by atoms with E-state index < -0.39 is 0 Å². The zero-order valence-corrected chi connectivity index (χ0v) is 15.9. The molecule has 1 amide bonds. The zero-order chi connectivity index (χ0) is 18.4. The van der Waals surface area contributed by atoms with Gasteiger partial charge in [-0.15, -0.1) is 0 Å². The van der Waals surface area contributed by atoms with E-state index in [1.165, 1.54) is 43.1 Å². The minimum absolute atomic E-state index is 0.0249.